The lowest BCUT2D eigenvalue weighted by atomic mass is 10.1. The van der Waals surface area contributed by atoms with Gasteiger partial charge in [-0.1, -0.05) is 18.2 Å². The molecule has 0 radical (unpaired) electrons. The van der Waals surface area contributed by atoms with Crippen LogP contribution in [0.3, 0.4) is 0 Å². The first kappa shape index (κ1) is 18.1. The molecule has 2 nitrogen and oxygen atoms in total. The standard InChI is InChI=1S/C15H10F6N2S/c16-14(17,18)9-6-10(15(19,20)21)8-12(7-9)23-13(24)22-11-4-2-1-3-5-11/h1-8H,(H2,22,23,24). The maximum absolute atomic E-state index is 12.8. The molecule has 0 amide bonds. The Morgan fingerprint density at radius 1 is 0.708 bits per heavy atom. The van der Waals surface area contributed by atoms with Crippen molar-refractivity contribution in [3.8, 4) is 0 Å². The molecule has 0 spiro atoms. The molecule has 2 rings (SSSR count). The summed E-state index contributed by atoms with van der Waals surface area (Å²) in [4.78, 5) is 0. The molecule has 24 heavy (non-hydrogen) atoms. The van der Waals surface area contributed by atoms with E-state index >= 15 is 0 Å². The average Bonchev–Trinajstić information content (AvgIpc) is 2.46. The SMILES string of the molecule is FC(F)(F)c1cc(NC(=S)Nc2ccccc2)cc(C(F)(F)F)c1. The van der Waals surface area contributed by atoms with Gasteiger partial charge in [0.15, 0.2) is 5.11 Å². The van der Waals surface area contributed by atoms with Crippen LogP contribution >= 0.6 is 12.2 Å². The van der Waals surface area contributed by atoms with E-state index in [0.717, 1.165) is 0 Å². The van der Waals surface area contributed by atoms with Crippen LogP contribution in [0.1, 0.15) is 11.1 Å². The molecule has 0 heterocycles. The van der Waals surface area contributed by atoms with Gasteiger partial charge in [-0.25, -0.2) is 0 Å². The Morgan fingerprint density at radius 2 is 1.17 bits per heavy atom. The van der Waals surface area contributed by atoms with Gasteiger partial charge in [-0.15, -0.1) is 0 Å². The number of anilines is 2. The summed E-state index contributed by atoms with van der Waals surface area (Å²) in [6.45, 7) is 0. The Kier molecular flexibility index (Phi) is 5.02. The molecule has 0 bridgehead atoms. The zero-order chi connectivity index (χ0) is 18.0. The van der Waals surface area contributed by atoms with Gasteiger partial charge in [-0.05, 0) is 42.5 Å². The summed E-state index contributed by atoms with van der Waals surface area (Å²) >= 11 is 4.91. The van der Waals surface area contributed by atoms with Crippen LogP contribution in [-0.4, -0.2) is 5.11 Å². The number of nitrogens with one attached hydrogen (secondary N) is 2. The number of hydrogen-bond acceptors (Lipinski definition) is 1. The summed E-state index contributed by atoms with van der Waals surface area (Å²) in [5.41, 5.74) is -2.70. The van der Waals surface area contributed by atoms with Gasteiger partial charge in [-0.2, -0.15) is 26.3 Å². The van der Waals surface area contributed by atoms with Gasteiger partial charge in [0, 0.05) is 11.4 Å². The third-order valence-electron chi connectivity index (χ3n) is 2.88. The number of halogens is 6. The van der Waals surface area contributed by atoms with Crippen LogP contribution in [0.25, 0.3) is 0 Å². The molecule has 128 valence electrons. The molecule has 0 saturated carbocycles. The molecule has 0 aliphatic rings. The first-order valence-corrected chi connectivity index (χ1v) is 6.89. The smallest absolute Gasteiger partial charge is 0.332 e. The number of alkyl halides is 6. The van der Waals surface area contributed by atoms with E-state index in [4.69, 9.17) is 12.2 Å². The minimum Gasteiger partial charge on any atom is -0.332 e. The highest BCUT2D eigenvalue weighted by Gasteiger charge is 2.37. The van der Waals surface area contributed by atoms with Crippen LogP contribution in [0.4, 0.5) is 37.7 Å². The second kappa shape index (κ2) is 6.68. The van der Waals surface area contributed by atoms with Crippen molar-refractivity contribution in [1.82, 2.24) is 0 Å². The van der Waals surface area contributed by atoms with E-state index in [2.05, 4.69) is 10.6 Å². The van der Waals surface area contributed by atoms with Crippen molar-refractivity contribution in [3.63, 3.8) is 0 Å². The second-order valence-corrected chi connectivity index (χ2v) is 5.15. The van der Waals surface area contributed by atoms with Gasteiger partial charge >= 0.3 is 12.4 Å². The van der Waals surface area contributed by atoms with Gasteiger partial charge in [0.1, 0.15) is 0 Å². The lowest BCUT2D eigenvalue weighted by molar-refractivity contribution is -0.143. The van der Waals surface area contributed by atoms with Crippen LogP contribution in [0.15, 0.2) is 48.5 Å². The number of rotatable bonds is 2. The Morgan fingerprint density at radius 3 is 1.62 bits per heavy atom. The lowest BCUT2D eigenvalue weighted by Gasteiger charge is -2.16. The van der Waals surface area contributed by atoms with Gasteiger partial charge in [0.2, 0.25) is 0 Å². The maximum atomic E-state index is 12.8. The largest absolute Gasteiger partial charge is 0.416 e. The summed E-state index contributed by atoms with van der Waals surface area (Å²) in [6, 6.07) is 9.59. The minimum atomic E-state index is -4.91. The fourth-order valence-electron chi connectivity index (χ4n) is 1.84. The van der Waals surface area contributed by atoms with Crippen molar-refractivity contribution in [1.29, 1.82) is 0 Å². The third kappa shape index (κ3) is 4.85. The molecule has 2 aromatic carbocycles. The molecule has 0 unspecified atom stereocenters. The monoisotopic (exact) mass is 364 g/mol. The predicted octanol–water partition coefficient (Wildman–Crippen LogP) is 5.53. The fourth-order valence-corrected chi connectivity index (χ4v) is 2.08. The normalized spacial score (nSPS) is 11.9. The van der Waals surface area contributed by atoms with E-state index in [9.17, 15) is 26.3 Å². The summed E-state index contributed by atoms with van der Waals surface area (Å²) in [7, 11) is 0. The zero-order valence-corrected chi connectivity index (χ0v) is 12.6. The number of para-hydroxylation sites is 1. The predicted molar refractivity (Wildman–Crippen MR) is 82.7 cm³/mol. The van der Waals surface area contributed by atoms with Crippen molar-refractivity contribution in [2.75, 3.05) is 10.6 Å². The fraction of sp³-hybridized carbons (Fsp3) is 0.133. The first-order chi connectivity index (χ1) is 11.1. The molecule has 0 atom stereocenters. The highest BCUT2D eigenvalue weighted by molar-refractivity contribution is 7.80. The van der Waals surface area contributed by atoms with Crippen molar-refractivity contribution in [2.24, 2.45) is 0 Å². The van der Waals surface area contributed by atoms with E-state index < -0.39 is 29.2 Å². The summed E-state index contributed by atoms with van der Waals surface area (Å²) < 4.78 is 76.7. The highest BCUT2D eigenvalue weighted by Crippen LogP contribution is 2.37. The van der Waals surface area contributed by atoms with E-state index in [1.165, 1.54) is 0 Å². The summed E-state index contributed by atoms with van der Waals surface area (Å²) in [5.74, 6) is 0. The van der Waals surface area contributed by atoms with E-state index in [-0.39, 0.29) is 11.2 Å². The first-order valence-electron chi connectivity index (χ1n) is 6.48. The van der Waals surface area contributed by atoms with Crippen LogP contribution in [0, 0.1) is 0 Å². The van der Waals surface area contributed by atoms with Crippen molar-refractivity contribution < 1.29 is 26.3 Å². The van der Waals surface area contributed by atoms with Gasteiger partial charge in [-0.3, -0.25) is 0 Å². The van der Waals surface area contributed by atoms with Crippen molar-refractivity contribution in [2.45, 2.75) is 12.4 Å². The molecule has 0 aliphatic heterocycles. The summed E-state index contributed by atoms with van der Waals surface area (Å²) in [6.07, 6.45) is -9.82. The summed E-state index contributed by atoms with van der Waals surface area (Å²) in [5, 5.41) is 4.87. The number of hydrogen-bond donors (Lipinski definition) is 2. The van der Waals surface area contributed by atoms with Crippen LogP contribution in [0.2, 0.25) is 0 Å². The van der Waals surface area contributed by atoms with E-state index in [1.807, 2.05) is 0 Å². The molecule has 0 fully saturated rings. The van der Waals surface area contributed by atoms with Crippen LogP contribution in [0.5, 0.6) is 0 Å². The number of thiocarbonyl (C=S) groups is 1. The Labute approximate surface area is 138 Å². The minimum absolute atomic E-state index is 0.0544. The van der Waals surface area contributed by atoms with Gasteiger partial charge in [0.05, 0.1) is 11.1 Å². The van der Waals surface area contributed by atoms with Crippen molar-refractivity contribution >= 4 is 28.7 Å². The molecule has 0 saturated heterocycles. The quantitative estimate of drug-likeness (QED) is 0.541. The maximum Gasteiger partial charge on any atom is 0.416 e. The van der Waals surface area contributed by atoms with Gasteiger partial charge < -0.3 is 10.6 Å². The topological polar surface area (TPSA) is 24.1 Å². The molecule has 9 heteroatoms. The van der Waals surface area contributed by atoms with Crippen LogP contribution < -0.4 is 10.6 Å². The molecule has 0 aromatic heterocycles. The van der Waals surface area contributed by atoms with Crippen molar-refractivity contribution in [3.05, 3.63) is 59.7 Å². The Balaban J connectivity index is 2.27. The molecule has 2 N–H and O–H groups in total. The average molecular weight is 364 g/mol. The second-order valence-electron chi connectivity index (χ2n) is 4.74. The van der Waals surface area contributed by atoms with Gasteiger partial charge in [0.25, 0.3) is 0 Å². The van der Waals surface area contributed by atoms with E-state index in [0.29, 0.717) is 17.8 Å². The molecule has 0 aliphatic carbocycles. The van der Waals surface area contributed by atoms with Crippen LogP contribution in [-0.2, 0) is 12.4 Å². The Bertz CT molecular complexity index is 693. The van der Waals surface area contributed by atoms with E-state index in [1.54, 1.807) is 30.3 Å². The number of benzene rings is 2. The third-order valence-corrected chi connectivity index (χ3v) is 3.08. The highest BCUT2D eigenvalue weighted by atomic mass is 32.1. The lowest BCUT2D eigenvalue weighted by Crippen LogP contribution is -2.20. The molecular formula is C15H10F6N2S. The molecular weight excluding hydrogens is 354 g/mol. The zero-order valence-electron chi connectivity index (χ0n) is 11.8. The molecule has 2 aromatic rings. The Hall–Kier alpha value is -2.29.